The predicted octanol–water partition coefficient (Wildman–Crippen LogP) is 1.36. The highest BCUT2D eigenvalue weighted by atomic mass is 16.3. The Morgan fingerprint density at radius 3 is 2.35 bits per heavy atom. The van der Waals surface area contributed by atoms with Crippen LogP contribution in [0.2, 0.25) is 0 Å². The van der Waals surface area contributed by atoms with Gasteiger partial charge < -0.3 is 5.11 Å². The van der Waals surface area contributed by atoms with Crippen molar-refractivity contribution in [1.29, 1.82) is 0 Å². The van der Waals surface area contributed by atoms with Gasteiger partial charge in [0.1, 0.15) is 0 Å². The Balaban J connectivity index is 1.88. The lowest BCUT2D eigenvalue weighted by Crippen LogP contribution is -2.47. The van der Waals surface area contributed by atoms with E-state index in [9.17, 15) is 0 Å². The Kier molecular flexibility index (Phi) is 4.54. The second kappa shape index (κ2) is 6.15. The molecule has 0 amide bonds. The SMILES string of the molecule is CC(c1ccccc1)N1CCN(CCO)CC1. The first-order chi connectivity index (χ1) is 8.31. The van der Waals surface area contributed by atoms with Crippen LogP contribution in [0.3, 0.4) is 0 Å². The number of benzene rings is 1. The molecule has 17 heavy (non-hydrogen) atoms. The molecule has 3 heteroatoms. The predicted molar refractivity (Wildman–Crippen MR) is 70.0 cm³/mol. The number of nitrogens with zero attached hydrogens (tertiary/aromatic N) is 2. The first-order valence-electron chi connectivity index (χ1n) is 6.43. The molecule has 1 N–H and O–H groups in total. The Hall–Kier alpha value is -0.900. The summed E-state index contributed by atoms with van der Waals surface area (Å²) in [6, 6.07) is 11.2. The van der Waals surface area contributed by atoms with E-state index in [0.717, 1.165) is 32.7 Å². The third-order valence-electron chi connectivity index (χ3n) is 3.65. The minimum Gasteiger partial charge on any atom is -0.395 e. The van der Waals surface area contributed by atoms with Crippen LogP contribution in [0, 0.1) is 0 Å². The maximum Gasteiger partial charge on any atom is 0.0558 e. The van der Waals surface area contributed by atoms with E-state index in [2.05, 4.69) is 47.1 Å². The highest BCUT2D eigenvalue weighted by Crippen LogP contribution is 2.20. The Morgan fingerprint density at radius 2 is 1.76 bits per heavy atom. The molecule has 1 heterocycles. The fraction of sp³-hybridized carbons (Fsp3) is 0.571. The monoisotopic (exact) mass is 234 g/mol. The summed E-state index contributed by atoms with van der Waals surface area (Å²) in [6.45, 7) is 7.68. The molecule has 0 saturated carbocycles. The molecule has 0 radical (unpaired) electrons. The smallest absolute Gasteiger partial charge is 0.0558 e. The van der Waals surface area contributed by atoms with E-state index < -0.39 is 0 Å². The van der Waals surface area contributed by atoms with E-state index >= 15 is 0 Å². The van der Waals surface area contributed by atoms with E-state index in [1.54, 1.807) is 0 Å². The quantitative estimate of drug-likeness (QED) is 0.852. The lowest BCUT2D eigenvalue weighted by molar-refractivity contribution is 0.0888. The van der Waals surface area contributed by atoms with Gasteiger partial charge in [-0.2, -0.15) is 0 Å². The molecule has 0 aromatic heterocycles. The molecule has 3 nitrogen and oxygen atoms in total. The number of rotatable bonds is 4. The lowest BCUT2D eigenvalue weighted by Gasteiger charge is -2.38. The van der Waals surface area contributed by atoms with Crippen LogP contribution >= 0.6 is 0 Å². The van der Waals surface area contributed by atoms with Gasteiger partial charge in [-0.3, -0.25) is 9.80 Å². The third-order valence-corrected chi connectivity index (χ3v) is 3.65. The summed E-state index contributed by atoms with van der Waals surface area (Å²) in [7, 11) is 0. The first-order valence-corrected chi connectivity index (χ1v) is 6.43. The molecule has 0 aliphatic carbocycles. The third kappa shape index (κ3) is 3.28. The highest BCUT2D eigenvalue weighted by molar-refractivity contribution is 5.18. The summed E-state index contributed by atoms with van der Waals surface area (Å²) in [6.07, 6.45) is 0. The number of β-amino-alcohol motifs (C(OH)–C–C–N with tert-alkyl or cyclic N) is 1. The number of piperazine rings is 1. The van der Waals surface area contributed by atoms with Crippen molar-refractivity contribution in [1.82, 2.24) is 9.80 Å². The van der Waals surface area contributed by atoms with Crippen LogP contribution in [0.5, 0.6) is 0 Å². The summed E-state index contributed by atoms with van der Waals surface area (Å²) < 4.78 is 0. The van der Waals surface area contributed by atoms with E-state index in [1.807, 2.05) is 0 Å². The minimum atomic E-state index is 0.272. The van der Waals surface area contributed by atoms with E-state index in [-0.39, 0.29) is 6.61 Å². The molecule has 94 valence electrons. The molecule has 1 fully saturated rings. The molecule has 0 bridgehead atoms. The van der Waals surface area contributed by atoms with Gasteiger partial charge in [0.2, 0.25) is 0 Å². The van der Waals surface area contributed by atoms with E-state index in [0.29, 0.717) is 6.04 Å². The van der Waals surface area contributed by atoms with Crippen molar-refractivity contribution in [2.45, 2.75) is 13.0 Å². The molecule has 2 rings (SSSR count). The van der Waals surface area contributed by atoms with Gasteiger partial charge in [-0.25, -0.2) is 0 Å². The number of aliphatic hydroxyl groups is 1. The zero-order valence-electron chi connectivity index (χ0n) is 10.5. The average molecular weight is 234 g/mol. The van der Waals surface area contributed by atoms with Crippen molar-refractivity contribution in [3.63, 3.8) is 0 Å². The summed E-state index contributed by atoms with van der Waals surface area (Å²) in [5.74, 6) is 0. The van der Waals surface area contributed by atoms with Gasteiger partial charge in [0, 0.05) is 38.8 Å². The van der Waals surface area contributed by atoms with Crippen LogP contribution in [-0.4, -0.2) is 54.2 Å². The van der Waals surface area contributed by atoms with Gasteiger partial charge in [0.15, 0.2) is 0 Å². The number of hydrogen-bond acceptors (Lipinski definition) is 3. The molecule has 1 saturated heterocycles. The van der Waals surface area contributed by atoms with Gasteiger partial charge >= 0.3 is 0 Å². The Bertz CT molecular complexity index is 320. The molecule has 1 aromatic carbocycles. The van der Waals surface area contributed by atoms with E-state index in [1.165, 1.54) is 5.56 Å². The largest absolute Gasteiger partial charge is 0.395 e. The van der Waals surface area contributed by atoms with Crippen LogP contribution < -0.4 is 0 Å². The van der Waals surface area contributed by atoms with Gasteiger partial charge in [-0.1, -0.05) is 30.3 Å². The van der Waals surface area contributed by atoms with Crippen molar-refractivity contribution < 1.29 is 5.11 Å². The van der Waals surface area contributed by atoms with Crippen LogP contribution in [0.15, 0.2) is 30.3 Å². The summed E-state index contributed by atoms with van der Waals surface area (Å²) in [5, 5.41) is 8.92. The van der Waals surface area contributed by atoms with E-state index in [4.69, 9.17) is 5.11 Å². The number of hydrogen-bond donors (Lipinski definition) is 1. The maximum absolute atomic E-state index is 8.92. The fourth-order valence-corrected chi connectivity index (χ4v) is 2.46. The van der Waals surface area contributed by atoms with Gasteiger partial charge in [-0.15, -0.1) is 0 Å². The molecule has 1 unspecified atom stereocenters. The lowest BCUT2D eigenvalue weighted by atomic mass is 10.1. The topological polar surface area (TPSA) is 26.7 Å². The van der Waals surface area contributed by atoms with Crippen molar-refractivity contribution in [2.75, 3.05) is 39.3 Å². The van der Waals surface area contributed by atoms with Gasteiger partial charge in [0.25, 0.3) is 0 Å². The average Bonchev–Trinajstić information content (AvgIpc) is 2.40. The van der Waals surface area contributed by atoms with Crippen LogP contribution in [-0.2, 0) is 0 Å². The summed E-state index contributed by atoms with van der Waals surface area (Å²) in [4.78, 5) is 4.84. The standard InChI is InChI=1S/C14H22N2O/c1-13(14-5-3-2-4-6-14)16-9-7-15(8-10-16)11-12-17/h2-6,13,17H,7-12H2,1H3. The highest BCUT2D eigenvalue weighted by Gasteiger charge is 2.21. The van der Waals surface area contributed by atoms with Crippen LogP contribution in [0.25, 0.3) is 0 Å². The summed E-state index contributed by atoms with van der Waals surface area (Å²) in [5.41, 5.74) is 1.39. The van der Waals surface area contributed by atoms with Crippen LogP contribution in [0.1, 0.15) is 18.5 Å². The molecule has 0 spiro atoms. The molecular formula is C14H22N2O. The van der Waals surface area contributed by atoms with Crippen molar-refractivity contribution in [2.24, 2.45) is 0 Å². The van der Waals surface area contributed by atoms with Gasteiger partial charge in [-0.05, 0) is 12.5 Å². The molecule has 1 aliphatic heterocycles. The number of aliphatic hydroxyl groups excluding tert-OH is 1. The molecule has 1 aromatic rings. The second-order valence-corrected chi connectivity index (χ2v) is 4.69. The molecule has 1 aliphatic rings. The van der Waals surface area contributed by atoms with Gasteiger partial charge in [0.05, 0.1) is 6.61 Å². The molecular weight excluding hydrogens is 212 g/mol. The minimum absolute atomic E-state index is 0.272. The van der Waals surface area contributed by atoms with Crippen molar-refractivity contribution in [3.8, 4) is 0 Å². The first kappa shape index (κ1) is 12.6. The Labute approximate surface area is 104 Å². The molecule has 1 atom stereocenters. The zero-order chi connectivity index (χ0) is 12.1. The maximum atomic E-state index is 8.92. The van der Waals surface area contributed by atoms with Crippen molar-refractivity contribution in [3.05, 3.63) is 35.9 Å². The summed E-state index contributed by atoms with van der Waals surface area (Å²) >= 11 is 0. The normalized spacial score (nSPS) is 20.4. The fourth-order valence-electron chi connectivity index (χ4n) is 2.46. The zero-order valence-corrected chi connectivity index (χ0v) is 10.5. The Morgan fingerprint density at radius 1 is 1.12 bits per heavy atom. The van der Waals surface area contributed by atoms with Crippen LogP contribution in [0.4, 0.5) is 0 Å². The second-order valence-electron chi connectivity index (χ2n) is 4.69. The van der Waals surface area contributed by atoms with Crippen molar-refractivity contribution >= 4 is 0 Å².